The first-order valence-corrected chi connectivity index (χ1v) is 5.78. The monoisotopic (exact) mass is 237 g/mol. The molecule has 88 valence electrons. The average Bonchev–Trinajstić information content (AvgIpc) is 2.88. The van der Waals surface area contributed by atoms with E-state index in [0.717, 1.165) is 11.3 Å². The summed E-state index contributed by atoms with van der Waals surface area (Å²) in [6, 6.07) is 11.8. The first-order chi connectivity index (χ1) is 8.75. The van der Waals surface area contributed by atoms with Crippen LogP contribution in [0, 0.1) is 11.3 Å². The van der Waals surface area contributed by atoms with Gasteiger partial charge in [0.15, 0.2) is 0 Å². The van der Waals surface area contributed by atoms with Crippen molar-refractivity contribution in [3.8, 4) is 11.8 Å². The van der Waals surface area contributed by atoms with Gasteiger partial charge in [-0.25, -0.2) is 4.68 Å². The van der Waals surface area contributed by atoms with Gasteiger partial charge < -0.3 is 0 Å². The molecule has 1 fully saturated rings. The van der Waals surface area contributed by atoms with Gasteiger partial charge in [-0.1, -0.05) is 18.2 Å². The summed E-state index contributed by atoms with van der Waals surface area (Å²) in [6.07, 6.45) is 4.15. The Morgan fingerprint density at radius 3 is 2.67 bits per heavy atom. The molecule has 1 aliphatic rings. The molecular weight excluding hydrogens is 226 g/mol. The van der Waals surface area contributed by atoms with Gasteiger partial charge in [-0.3, -0.25) is 4.79 Å². The van der Waals surface area contributed by atoms with Crippen molar-refractivity contribution in [2.45, 2.75) is 18.3 Å². The quantitative estimate of drug-likeness (QED) is 0.802. The van der Waals surface area contributed by atoms with Crippen LogP contribution in [0.25, 0.3) is 5.69 Å². The summed E-state index contributed by atoms with van der Waals surface area (Å²) in [5.41, 5.74) is 1.09. The number of rotatable bonds is 2. The Kier molecular flexibility index (Phi) is 2.27. The van der Waals surface area contributed by atoms with Gasteiger partial charge in [0.1, 0.15) is 5.78 Å². The number of para-hydroxylation sites is 1. The van der Waals surface area contributed by atoms with Crippen molar-refractivity contribution in [2.24, 2.45) is 0 Å². The highest BCUT2D eigenvalue weighted by Crippen LogP contribution is 2.42. The van der Waals surface area contributed by atoms with E-state index in [4.69, 9.17) is 0 Å². The Bertz CT molecular complexity index is 629. The molecule has 0 radical (unpaired) electrons. The predicted octanol–water partition coefficient (Wildman–Crippen LogP) is 2.00. The number of hydrogen-bond acceptors (Lipinski definition) is 3. The summed E-state index contributed by atoms with van der Waals surface area (Å²) < 4.78 is 1.73. The Hall–Kier alpha value is -2.41. The van der Waals surface area contributed by atoms with E-state index in [1.54, 1.807) is 10.9 Å². The lowest BCUT2D eigenvalue weighted by Crippen LogP contribution is -2.41. The number of ketones is 1. The first-order valence-electron chi connectivity index (χ1n) is 5.78. The Balaban J connectivity index is 2.14. The number of carbonyl (C=O) groups is 1. The maximum atomic E-state index is 11.3. The van der Waals surface area contributed by atoms with E-state index in [9.17, 15) is 10.1 Å². The van der Waals surface area contributed by atoms with E-state index < -0.39 is 5.41 Å². The molecule has 0 atom stereocenters. The summed E-state index contributed by atoms with van der Waals surface area (Å²) in [4.78, 5) is 11.3. The zero-order chi connectivity index (χ0) is 12.6. The fourth-order valence-corrected chi connectivity index (χ4v) is 2.44. The first kappa shape index (κ1) is 10.7. The normalized spacial score (nSPS) is 16.9. The number of nitriles is 1. The summed E-state index contributed by atoms with van der Waals surface area (Å²) in [5, 5.41) is 13.6. The maximum absolute atomic E-state index is 11.3. The predicted molar refractivity (Wildman–Crippen MR) is 65.1 cm³/mol. The van der Waals surface area contributed by atoms with E-state index in [2.05, 4.69) is 11.2 Å². The Morgan fingerprint density at radius 2 is 2.06 bits per heavy atom. The van der Waals surface area contributed by atoms with Crippen molar-refractivity contribution in [3.05, 3.63) is 48.3 Å². The van der Waals surface area contributed by atoms with E-state index in [1.807, 2.05) is 36.5 Å². The molecule has 0 saturated heterocycles. The maximum Gasteiger partial charge on any atom is 0.136 e. The van der Waals surface area contributed by atoms with Gasteiger partial charge in [0.2, 0.25) is 0 Å². The highest BCUT2D eigenvalue weighted by molar-refractivity contribution is 5.90. The average molecular weight is 237 g/mol. The molecule has 0 bridgehead atoms. The molecule has 1 aromatic heterocycles. The van der Waals surface area contributed by atoms with Gasteiger partial charge in [0, 0.05) is 25.2 Å². The van der Waals surface area contributed by atoms with Crippen molar-refractivity contribution in [1.82, 2.24) is 9.78 Å². The molecule has 4 nitrogen and oxygen atoms in total. The van der Waals surface area contributed by atoms with Gasteiger partial charge in [0.25, 0.3) is 0 Å². The smallest absolute Gasteiger partial charge is 0.136 e. The number of carbonyl (C=O) groups excluding carboxylic acids is 1. The number of aromatic nitrogens is 2. The molecular formula is C14H11N3O. The minimum absolute atomic E-state index is 0.145. The van der Waals surface area contributed by atoms with E-state index >= 15 is 0 Å². The standard InChI is InChI=1S/C14H11N3O/c15-10-14(8-11(18)9-14)12-4-1-2-5-13(12)17-7-3-6-16-17/h1-7H,8-9H2. The van der Waals surface area contributed by atoms with Crippen LogP contribution >= 0.6 is 0 Å². The molecule has 1 heterocycles. The van der Waals surface area contributed by atoms with Crippen LogP contribution < -0.4 is 0 Å². The summed E-state index contributed by atoms with van der Waals surface area (Å²) in [6.45, 7) is 0. The number of benzene rings is 1. The van der Waals surface area contributed by atoms with Crippen molar-refractivity contribution in [2.75, 3.05) is 0 Å². The lowest BCUT2D eigenvalue weighted by atomic mass is 9.64. The van der Waals surface area contributed by atoms with Crippen LogP contribution in [0.2, 0.25) is 0 Å². The fourth-order valence-electron chi connectivity index (χ4n) is 2.44. The SMILES string of the molecule is N#CC1(c2ccccc2-n2cccn2)CC(=O)C1. The highest BCUT2D eigenvalue weighted by atomic mass is 16.1. The summed E-state index contributed by atoms with van der Waals surface area (Å²) in [7, 11) is 0. The number of hydrogen-bond donors (Lipinski definition) is 0. The van der Waals surface area contributed by atoms with Crippen LogP contribution in [0.1, 0.15) is 18.4 Å². The highest BCUT2D eigenvalue weighted by Gasteiger charge is 2.46. The van der Waals surface area contributed by atoms with Crippen LogP contribution in [-0.4, -0.2) is 15.6 Å². The van der Waals surface area contributed by atoms with Gasteiger partial charge in [-0.2, -0.15) is 10.4 Å². The minimum atomic E-state index is -0.667. The fraction of sp³-hybridized carbons (Fsp3) is 0.214. The van der Waals surface area contributed by atoms with Crippen LogP contribution in [-0.2, 0) is 10.2 Å². The molecule has 0 N–H and O–H groups in total. The third-order valence-electron chi connectivity index (χ3n) is 3.38. The Labute approximate surface area is 104 Å². The zero-order valence-corrected chi connectivity index (χ0v) is 9.71. The molecule has 18 heavy (non-hydrogen) atoms. The molecule has 3 rings (SSSR count). The second kappa shape index (κ2) is 3.81. The lowest BCUT2D eigenvalue weighted by Gasteiger charge is -2.35. The zero-order valence-electron chi connectivity index (χ0n) is 9.71. The van der Waals surface area contributed by atoms with Crippen LogP contribution in [0.15, 0.2) is 42.7 Å². The van der Waals surface area contributed by atoms with Crippen molar-refractivity contribution >= 4 is 5.78 Å². The number of nitrogens with zero attached hydrogens (tertiary/aromatic N) is 3. The van der Waals surface area contributed by atoms with Crippen molar-refractivity contribution in [3.63, 3.8) is 0 Å². The number of Topliss-reactive ketones (excluding diaryl/α,β-unsaturated/α-hetero) is 1. The molecule has 1 aliphatic carbocycles. The van der Waals surface area contributed by atoms with Gasteiger partial charge in [0.05, 0.1) is 17.2 Å². The van der Waals surface area contributed by atoms with E-state index in [1.165, 1.54) is 0 Å². The van der Waals surface area contributed by atoms with Crippen LogP contribution in [0.4, 0.5) is 0 Å². The molecule has 2 aromatic rings. The van der Waals surface area contributed by atoms with E-state index in [0.29, 0.717) is 12.8 Å². The molecule has 1 aromatic carbocycles. The Morgan fingerprint density at radius 1 is 1.28 bits per heavy atom. The molecule has 0 unspecified atom stereocenters. The van der Waals surface area contributed by atoms with Crippen LogP contribution in [0.3, 0.4) is 0 Å². The van der Waals surface area contributed by atoms with E-state index in [-0.39, 0.29) is 5.78 Å². The second-order valence-corrected chi connectivity index (χ2v) is 4.55. The molecule has 4 heteroatoms. The molecule has 0 spiro atoms. The van der Waals surface area contributed by atoms with Gasteiger partial charge in [-0.05, 0) is 17.7 Å². The molecule has 1 saturated carbocycles. The van der Waals surface area contributed by atoms with Gasteiger partial charge in [-0.15, -0.1) is 0 Å². The van der Waals surface area contributed by atoms with Gasteiger partial charge >= 0.3 is 0 Å². The topological polar surface area (TPSA) is 58.7 Å². The molecule has 0 amide bonds. The second-order valence-electron chi connectivity index (χ2n) is 4.55. The van der Waals surface area contributed by atoms with Crippen molar-refractivity contribution in [1.29, 1.82) is 5.26 Å². The lowest BCUT2D eigenvalue weighted by molar-refractivity contribution is -0.126. The van der Waals surface area contributed by atoms with Crippen LogP contribution in [0.5, 0.6) is 0 Å². The van der Waals surface area contributed by atoms with Crippen molar-refractivity contribution < 1.29 is 4.79 Å². The third-order valence-corrected chi connectivity index (χ3v) is 3.38. The summed E-state index contributed by atoms with van der Waals surface area (Å²) in [5.74, 6) is 0.145. The third kappa shape index (κ3) is 1.45. The minimum Gasteiger partial charge on any atom is -0.300 e. The summed E-state index contributed by atoms with van der Waals surface area (Å²) >= 11 is 0. The largest absolute Gasteiger partial charge is 0.300 e. The molecule has 0 aliphatic heterocycles.